The lowest BCUT2D eigenvalue weighted by atomic mass is 10.1. The monoisotopic (exact) mass is 260 g/mol. The Kier molecular flexibility index (Phi) is 2.42. The molecule has 4 atom stereocenters. The summed E-state index contributed by atoms with van der Waals surface area (Å²) in [6, 6.07) is 9.06. The lowest BCUT2D eigenvalue weighted by Crippen LogP contribution is -2.43. The molecule has 1 aliphatic heterocycles. The topological polar surface area (TPSA) is 41.1 Å². The van der Waals surface area contributed by atoms with Gasteiger partial charge in [0.05, 0.1) is 6.04 Å². The molecule has 18 heavy (non-hydrogen) atoms. The summed E-state index contributed by atoms with van der Waals surface area (Å²) in [5, 5.41) is 6.45. The van der Waals surface area contributed by atoms with Gasteiger partial charge in [0.1, 0.15) is 0 Å². The minimum atomic E-state index is 0.0200. The first-order valence-electron chi connectivity index (χ1n) is 6.54. The Morgan fingerprint density at radius 1 is 1.39 bits per heavy atom. The van der Waals surface area contributed by atoms with Crippen LogP contribution >= 0.6 is 11.8 Å². The highest BCUT2D eigenvalue weighted by Crippen LogP contribution is 2.56. The molecule has 2 fully saturated rings. The molecule has 1 saturated carbocycles. The lowest BCUT2D eigenvalue weighted by molar-refractivity contribution is -0.122. The molecule has 3 nitrogen and oxygen atoms in total. The maximum atomic E-state index is 12.1. The van der Waals surface area contributed by atoms with Crippen LogP contribution in [-0.4, -0.2) is 29.6 Å². The van der Waals surface area contributed by atoms with Gasteiger partial charge in [-0.25, -0.2) is 0 Å². The third-order valence-electron chi connectivity index (χ3n) is 4.38. The average molecular weight is 260 g/mol. The van der Waals surface area contributed by atoms with Gasteiger partial charge in [0.25, 0.3) is 0 Å². The second-order valence-corrected chi connectivity index (χ2v) is 6.43. The fourth-order valence-electron chi connectivity index (χ4n) is 3.38. The van der Waals surface area contributed by atoms with Crippen LogP contribution in [0.4, 0.5) is 0 Å². The van der Waals surface area contributed by atoms with Crippen LogP contribution < -0.4 is 10.6 Å². The third kappa shape index (κ3) is 1.59. The third-order valence-corrected chi connectivity index (χ3v) is 5.32. The number of nitrogens with one attached hydrogen (secondary N) is 2. The first-order valence-corrected chi connectivity index (χ1v) is 7.69. The van der Waals surface area contributed by atoms with Gasteiger partial charge in [0.15, 0.2) is 0 Å². The van der Waals surface area contributed by atoms with Crippen molar-refractivity contribution in [1.82, 2.24) is 10.6 Å². The van der Waals surface area contributed by atoms with Crippen LogP contribution in [0.25, 0.3) is 0 Å². The average Bonchev–Trinajstić information content (AvgIpc) is 2.85. The SMILES string of the molecule is O=C(NC1C2Cc3ccccc3C21)C1CSCN1. The molecule has 1 saturated heterocycles. The predicted octanol–water partition coefficient (Wildman–Crippen LogP) is 1.10. The van der Waals surface area contributed by atoms with Crippen molar-refractivity contribution >= 4 is 17.7 Å². The summed E-state index contributed by atoms with van der Waals surface area (Å²) in [7, 11) is 0. The number of thioether (sulfide) groups is 1. The van der Waals surface area contributed by atoms with Crippen molar-refractivity contribution in [3.05, 3.63) is 35.4 Å². The molecular formula is C14H16N2OS. The van der Waals surface area contributed by atoms with Gasteiger partial charge in [0.2, 0.25) is 5.91 Å². The van der Waals surface area contributed by atoms with E-state index < -0.39 is 0 Å². The number of carbonyl (C=O) groups excluding carboxylic acids is 1. The normalized spacial score (nSPS) is 36.0. The van der Waals surface area contributed by atoms with Crippen molar-refractivity contribution in [3.63, 3.8) is 0 Å². The second-order valence-electron chi connectivity index (χ2n) is 5.40. The Labute approximate surface area is 111 Å². The second kappa shape index (κ2) is 4.00. The maximum Gasteiger partial charge on any atom is 0.238 e. The van der Waals surface area contributed by atoms with E-state index in [1.54, 1.807) is 11.8 Å². The van der Waals surface area contributed by atoms with Gasteiger partial charge >= 0.3 is 0 Å². The number of fused-ring (bicyclic) bond motifs is 3. The van der Waals surface area contributed by atoms with Gasteiger partial charge in [-0.05, 0) is 23.5 Å². The maximum absolute atomic E-state index is 12.1. The number of carbonyl (C=O) groups is 1. The summed E-state index contributed by atoms with van der Waals surface area (Å²) in [4.78, 5) is 12.1. The van der Waals surface area contributed by atoms with Crippen LogP contribution in [0.1, 0.15) is 17.0 Å². The quantitative estimate of drug-likeness (QED) is 0.837. The van der Waals surface area contributed by atoms with Crippen LogP contribution in [0.5, 0.6) is 0 Å². The van der Waals surface area contributed by atoms with E-state index in [4.69, 9.17) is 0 Å². The minimum absolute atomic E-state index is 0.0200. The zero-order chi connectivity index (χ0) is 12.1. The molecule has 94 valence electrons. The smallest absolute Gasteiger partial charge is 0.238 e. The highest BCUT2D eigenvalue weighted by atomic mass is 32.2. The summed E-state index contributed by atoms with van der Waals surface area (Å²) >= 11 is 1.80. The van der Waals surface area contributed by atoms with Crippen molar-refractivity contribution in [2.24, 2.45) is 5.92 Å². The summed E-state index contributed by atoms with van der Waals surface area (Å²) < 4.78 is 0. The lowest BCUT2D eigenvalue weighted by Gasteiger charge is -2.13. The molecule has 1 aromatic rings. The van der Waals surface area contributed by atoms with Gasteiger partial charge in [0, 0.05) is 23.6 Å². The molecule has 1 heterocycles. The molecule has 0 spiro atoms. The first kappa shape index (κ1) is 10.9. The number of benzene rings is 1. The van der Waals surface area contributed by atoms with E-state index in [2.05, 4.69) is 34.9 Å². The molecule has 4 unspecified atom stereocenters. The molecule has 2 N–H and O–H groups in total. The Morgan fingerprint density at radius 3 is 3.11 bits per heavy atom. The van der Waals surface area contributed by atoms with Crippen LogP contribution in [0, 0.1) is 5.92 Å². The van der Waals surface area contributed by atoms with Crippen molar-refractivity contribution < 1.29 is 4.79 Å². The van der Waals surface area contributed by atoms with Crippen molar-refractivity contribution in [3.8, 4) is 0 Å². The van der Waals surface area contributed by atoms with Gasteiger partial charge in [-0.3, -0.25) is 10.1 Å². The number of hydrogen-bond acceptors (Lipinski definition) is 3. The van der Waals surface area contributed by atoms with Crippen LogP contribution in [0.15, 0.2) is 24.3 Å². The van der Waals surface area contributed by atoms with Crippen molar-refractivity contribution in [2.45, 2.75) is 24.4 Å². The van der Waals surface area contributed by atoms with E-state index in [9.17, 15) is 4.79 Å². The first-order chi connectivity index (χ1) is 8.84. The highest BCUT2D eigenvalue weighted by molar-refractivity contribution is 7.99. The Morgan fingerprint density at radius 2 is 2.28 bits per heavy atom. The predicted molar refractivity (Wildman–Crippen MR) is 72.6 cm³/mol. The summed E-state index contributed by atoms with van der Waals surface area (Å²) in [6.07, 6.45) is 1.14. The molecule has 0 aromatic heterocycles. The Bertz CT molecular complexity index is 498. The minimum Gasteiger partial charge on any atom is -0.351 e. The van der Waals surface area contributed by atoms with E-state index >= 15 is 0 Å². The van der Waals surface area contributed by atoms with Crippen LogP contribution in [0.3, 0.4) is 0 Å². The molecule has 0 radical (unpaired) electrons. The summed E-state index contributed by atoms with van der Waals surface area (Å²) in [6.45, 7) is 0. The zero-order valence-electron chi connectivity index (χ0n) is 10.1. The highest BCUT2D eigenvalue weighted by Gasteiger charge is 2.56. The van der Waals surface area contributed by atoms with E-state index in [1.165, 1.54) is 11.1 Å². The molecule has 0 bridgehead atoms. The molecule has 2 aliphatic carbocycles. The number of hydrogen-bond donors (Lipinski definition) is 2. The van der Waals surface area contributed by atoms with E-state index in [-0.39, 0.29) is 11.9 Å². The summed E-state index contributed by atoms with van der Waals surface area (Å²) in [5.74, 6) is 3.24. The fraction of sp³-hybridized carbons (Fsp3) is 0.500. The molecular weight excluding hydrogens is 244 g/mol. The van der Waals surface area contributed by atoms with E-state index in [1.807, 2.05) is 0 Å². The van der Waals surface area contributed by atoms with Crippen molar-refractivity contribution in [1.29, 1.82) is 0 Å². The molecule has 4 rings (SSSR count). The van der Waals surface area contributed by atoms with E-state index in [0.717, 1.165) is 18.1 Å². The van der Waals surface area contributed by atoms with E-state index in [0.29, 0.717) is 17.9 Å². The molecule has 1 aromatic carbocycles. The standard InChI is InChI=1S/C14H16N2OS/c17-14(11-6-18-7-15-11)16-13-10-5-8-3-1-2-4-9(8)12(10)13/h1-4,10-13,15H,5-7H2,(H,16,17). The zero-order valence-corrected chi connectivity index (χ0v) is 10.9. The fourth-order valence-corrected chi connectivity index (χ4v) is 4.32. The number of amides is 1. The van der Waals surface area contributed by atoms with Gasteiger partial charge in [-0.1, -0.05) is 24.3 Å². The Hall–Kier alpha value is -1.00. The number of rotatable bonds is 2. The largest absolute Gasteiger partial charge is 0.351 e. The molecule has 3 aliphatic rings. The summed E-state index contributed by atoms with van der Waals surface area (Å²) in [5.41, 5.74) is 2.94. The van der Waals surface area contributed by atoms with Gasteiger partial charge in [-0.15, -0.1) is 11.8 Å². The van der Waals surface area contributed by atoms with Gasteiger partial charge < -0.3 is 5.32 Å². The van der Waals surface area contributed by atoms with Gasteiger partial charge in [-0.2, -0.15) is 0 Å². The van der Waals surface area contributed by atoms with Crippen LogP contribution in [0.2, 0.25) is 0 Å². The Balaban J connectivity index is 1.44. The van der Waals surface area contributed by atoms with Crippen molar-refractivity contribution in [2.75, 3.05) is 11.6 Å². The molecule has 1 amide bonds. The molecule has 4 heteroatoms. The van der Waals surface area contributed by atoms with Crippen LogP contribution in [-0.2, 0) is 11.2 Å².